The third kappa shape index (κ3) is 3.27. The van der Waals surface area contributed by atoms with Crippen LogP contribution in [0.1, 0.15) is 50.9 Å². The Balaban J connectivity index is 1.70. The van der Waals surface area contributed by atoms with Gasteiger partial charge in [-0.1, -0.05) is 6.92 Å². The van der Waals surface area contributed by atoms with Gasteiger partial charge in [0.25, 0.3) is 0 Å². The van der Waals surface area contributed by atoms with Crippen molar-refractivity contribution in [2.75, 3.05) is 20.2 Å². The third-order valence-electron chi connectivity index (χ3n) is 5.15. The van der Waals surface area contributed by atoms with Gasteiger partial charge >= 0.3 is 0 Å². The molecule has 0 aromatic carbocycles. The van der Waals surface area contributed by atoms with Gasteiger partial charge in [-0.3, -0.25) is 10.00 Å². The van der Waals surface area contributed by atoms with Crippen LogP contribution in [0, 0.1) is 5.92 Å². The topological polar surface area (TPSA) is 74.3 Å². The van der Waals surface area contributed by atoms with Crippen LogP contribution >= 0.6 is 0 Å². The van der Waals surface area contributed by atoms with Gasteiger partial charge in [-0.15, -0.1) is 0 Å². The normalized spacial score (nSPS) is 38.0. The standard InChI is InChI=1S/C15H26N4O2/c1-11-3-5-15(20,6-4-11)9-19-8-12(21-2)7-13(19)14-16-10-17-18-14/h10-13,20H,3-9H2,1-2H3,(H,16,17,18)/t11?,12-,13+,15?/m1/s1. The minimum atomic E-state index is -0.562. The molecule has 3 rings (SSSR count). The molecule has 2 aliphatic rings. The second-order valence-corrected chi connectivity index (χ2v) is 6.82. The number of aromatic amines is 1. The fourth-order valence-corrected chi connectivity index (χ4v) is 3.70. The molecule has 118 valence electrons. The van der Waals surface area contributed by atoms with Gasteiger partial charge < -0.3 is 9.84 Å². The number of H-pyrrole nitrogens is 1. The number of nitrogens with one attached hydrogen (secondary N) is 1. The number of hydrogen-bond donors (Lipinski definition) is 2. The number of ether oxygens (including phenoxy) is 1. The lowest BCUT2D eigenvalue weighted by atomic mass is 9.79. The van der Waals surface area contributed by atoms with Crippen molar-refractivity contribution in [3.8, 4) is 0 Å². The van der Waals surface area contributed by atoms with Crippen LogP contribution in [0.25, 0.3) is 0 Å². The van der Waals surface area contributed by atoms with E-state index in [0.717, 1.165) is 50.4 Å². The van der Waals surface area contributed by atoms with E-state index < -0.39 is 5.60 Å². The van der Waals surface area contributed by atoms with E-state index in [0.29, 0.717) is 6.54 Å². The number of nitrogens with zero attached hydrogens (tertiary/aromatic N) is 3. The summed E-state index contributed by atoms with van der Waals surface area (Å²) in [7, 11) is 1.75. The van der Waals surface area contributed by atoms with Gasteiger partial charge in [-0.2, -0.15) is 5.10 Å². The lowest BCUT2D eigenvalue weighted by Gasteiger charge is -2.39. The predicted molar refractivity (Wildman–Crippen MR) is 78.7 cm³/mol. The Bertz CT molecular complexity index is 443. The lowest BCUT2D eigenvalue weighted by Crippen LogP contribution is -2.45. The van der Waals surface area contributed by atoms with Gasteiger partial charge in [-0.25, -0.2) is 4.98 Å². The van der Waals surface area contributed by atoms with E-state index in [1.54, 1.807) is 13.4 Å². The highest BCUT2D eigenvalue weighted by molar-refractivity contribution is 5.01. The molecule has 1 aromatic heterocycles. The van der Waals surface area contributed by atoms with Crippen LogP contribution in [0.15, 0.2) is 6.33 Å². The summed E-state index contributed by atoms with van der Waals surface area (Å²) in [5.74, 6) is 1.61. The molecular formula is C15H26N4O2. The maximum Gasteiger partial charge on any atom is 0.141 e. The van der Waals surface area contributed by atoms with Crippen molar-refractivity contribution in [2.24, 2.45) is 5.92 Å². The van der Waals surface area contributed by atoms with Crippen molar-refractivity contribution >= 4 is 0 Å². The maximum absolute atomic E-state index is 10.9. The lowest BCUT2D eigenvalue weighted by molar-refractivity contribution is -0.0402. The van der Waals surface area contributed by atoms with E-state index in [2.05, 4.69) is 27.0 Å². The average Bonchev–Trinajstić information content (AvgIpc) is 3.11. The van der Waals surface area contributed by atoms with Crippen LogP contribution in [0.5, 0.6) is 0 Å². The van der Waals surface area contributed by atoms with E-state index in [4.69, 9.17) is 4.74 Å². The highest BCUT2D eigenvalue weighted by Crippen LogP contribution is 2.37. The fourth-order valence-electron chi connectivity index (χ4n) is 3.70. The van der Waals surface area contributed by atoms with Gasteiger partial charge in [0.1, 0.15) is 12.2 Å². The minimum Gasteiger partial charge on any atom is -0.389 e. The predicted octanol–water partition coefficient (Wildman–Crippen LogP) is 1.51. The molecule has 0 spiro atoms. The van der Waals surface area contributed by atoms with Crippen molar-refractivity contribution in [1.82, 2.24) is 20.1 Å². The highest BCUT2D eigenvalue weighted by Gasteiger charge is 2.41. The first-order valence-corrected chi connectivity index (χ1v) is 7.94. The first kappa shape index (κ1) is 14.9. The van der Waals surface area contributed by atoms with E-state index in [9.17, 15) is 5.11 Å². The quantitative estimate of drug-likeness (QED) is 0.880. The second-order valence-electron chi connectivity index (χ2n) is 6.82. The molecule has 0 radical (unpaired) electrons. The summed E-state index contributed by atoms with van der Waals surface area (Å²) in [5.41, 5.74) is -0.562. The molecule has 1 saturated heterocycles. The van der Waals surface area contributed by atoms with Gasteiger partial charge in [0.2, 0.25) is 0 Å². The minimum absolute atomic E-state index is 0.167. The van der Waals surface area contributed by atoms with Crippen molar-refractivity contribution < 1.29 is 9.84 Å². The first-order valence-electron chi connectivity index (χ1n) is 7.94. The van der Waals surface area contributed by atoms with Gasteiger partial charge in [0, 0.05) is 20.2 Å². The number of methoxy groups -OCH3 is 1. The van der Waals surface area contributed by atoms with E-state index in [-0.39, 0.29) is 12.1 Å². The van der Waals surface area contributed by atoms with E-state index in [1.807, 2.05) is 0 Å². The zero-order valence-electron chi connectivity index (χ0n) is 13.0. The Labute approximate surface area is 125 Å². The second kappa shape index (κ2) is 6.02. The molecule has 2 heterocycles. The molecule has 1 aliphatic heterocycles. The number of aliphatic hydroxyl groups is 1. The molecule has 0 unspecified atom stereocenters. The summed E-state index contributed by atoms with van der Waals surface area (Å²) in [6.07, 6.45) is 6.67. The molecule has 2 atom stereocenters. The van der Waals surface area contributed by atoms with Crippen molar-refractivity contribution in [2.45, 2.75) is 56.8 Å². The number of β-amino-alcohol motifs (C(OH)–C–C–N with tert-alkyl or cyclic N) is 1. The number of likely N-dealkylation sites (tertiary alicyclic amines) is 1. The molecule has 6 nitrogen and oxygen atoms in total. The summed E-state index contributed by atoms with van der Waals surface area (Å²) >= 11 is 0. The zero-order chi connectivity index (χ0) is 14.9. The summed E-state index contributed by atoms with van der Waals surface area (Å²) in [4.78, 5) is 6.61. The largest absolute Gasteiger partial charge is 0.389 e. The summed E-state index contributed by atoms with van der Waals surface area (Å²) in [6.45, 7) is 3.82. The highest BCUT2D eigenvalue weighted by atomic mass is 16.5. The number of hydrogen-bond acceptors (Lipinski definition) is 5. The summed E-state index contributed by atoms with van der Waals surface area (Å²) < 4.78 is 5.52. The van der Waals surface area contributed by atoms with Crippen molar-refractivity contribution in [3.05, 3.63) is 12.2 Å². The van der Waals surface area contributed by atoms with Gasteiger partial charge in [-0.05, 0) is 38.0 Å². The third-order valence-corrected chi connectivity index (χ3v) is 5.15. The molecule has 21 heavy (non-hydrogen) atoms. The molecule has 1 aromatic rings. The monoisotopic (exact) mass is 294 g/mol. The smallest absolute Gasteiger partial charge is 0.141 e. The zero-order valence-corrected chi connectivity index (χ0v) is 13.0. The van der Waals surface area contributed by atoms with Crippen LogP contribution in [-0.2, 0) is 4.74 Å². The Morgan fingerprint density at radius 3 is 2.86 bits per heavy atom. The molecule has 6 heteroatoms. The Morgan fingerprint density at radius 2 is 2.24 bits per heavy atom. The molecule has 0 amide bonds. The van der Waals surface area contributed by atoms with Crippen LogP contribution in [-0.4, -0.2) is 57.1 Å². The van der Waals surface area contributed by atoms with Crippen LogP contribution in [0.3, 0.4) is 0 Å². The van der Waals surface area contributed by atoms with Crippen molar-refractivity contribution in [1.29, 1.82) is 0 Å². The SMILES string of the molecule is CO[C@@H]1C[C@@H](c2ncn[nH]2)N(CC2(O)CCC(C)CC2)C1. The van der Waals surface area contributed by atoms with Crippen molar-refractivity contribution in [3.63, 3.8) is 0 Å². The Hall–Kier alpha value is -0.980. The first-order chi connectivity index (χ1) is 10.1. The number of aromatic nitrogens is 3. The molecule has 1 aliphatic carbocycles. The summed E-state index contributed by atoms with van der Waals surface area (Å²) in [5, 5.41) is 17.8. The molecular weight excluding hydrogens is 268 g/mol. The molecule has 2 fully saturated rings. The molecule has 2 N–H and O–H groups in total. The Kier molecular flexibility index (Phi) is 4.28. The fraction of sp³-hybridized carbons (Fsp3) is 0.867. The van der Waals surface area contributed by atoms with Gasteiger partial charge in [0.15, 0.2) is 0 Å². The van der Waals surface area contributed by atoms with Crippen LogP contribution in [0.2, 0.25) is 0 Å². The molecule has 0 bridgehead atoms. The molecule has 1 saturated carbocycles. The van der Waals surface area contributed by atoms with E-state index in [1.165, 1.54) is 0 Å². The van der Waals surface area contributed by atoms with Crippen LogP contribution < -0.4 is 0 Å². The number of rotatable bonds is 4. The Morgan fingerprint density at radius 1 is 1.48 bits per heavy atom. The van der Waals surface area contributed by atoms with Crippen LogP contribution in [0.4, 0.5) is 0 Å². The van der Waals surface area contributed by atoms with Gasteiger partial charge in [0.05, 0.1) is 17.7 Å². The average molecular weight is 294 g/mol. The summed E-state index contributed by atoms with van der Waals surface area (Å²) in [6, 6.07) is 0.167. The maximum atomic E-state index is 10.9. The van der Waals surface area contributed by atoms with E-state index >= 15 is 0 Å².